The first-order valence-electron chi connectivity index (χ1n) is 10.9. The molecular weight excluding hydrogens is 505 g/mol. The number of aliphatic imine (C=N–C) groups is 1. The summed E-state index contributed by atoms with van der Waals surface area (Å²) in [5, 5.41) is 3.42. The van der Waals surface area contributed by atoms with Crippen molar-refractivity contribution in [3.63, 3.8) is 0 Å². The van der Waals surface area contributed by atoms with E-state index in [0.717, 1.165) is 45.1 Å². The highest BCUT2D eigenvalue weighted by molar-refractivity contribution is 14.0. The number of furan rings is 1. The van der Waals surface area contributed by atoms with E-state index in [0.29, 0.717) is 24.9 Å². The van der Waals surface area contributed by atoms with E-state index < -0.39 is 0 Å². The van der Waals surface area contributed by atoms with Crippen LogP contribution < -0.4 is 10.2 Å². The van der Waals surface area contributed by atoms with Crippen molar-refractivity contribution in [3.05, 3.63) is 54.0 Å². The summed E-state index contributed by atoms with van der Waals surface area (Å²) in [6.45, 7) is 9.81. The Labute approximate surface area is 201 Å². The molecule has 0 aliphatic carbocycles. The molecule has 168 valence electrons. The van der Waals surface area contributed by atoms with Gasteiger partial charge in [0.2, 0.25) is 0 Å². The molecule has 1 aromatic heterocycles. The molecule has 2 aromatic rings. The number of guanidine groups is 1. The molecule has 1 aromatic carbocycles. The number of nitrogens with one attached hydrogen (secondary N) is 1. The normalized spacial score (nSPS) is 17.2. The molecule has 0 spiro atoms. The Morgan fingerprint density at radius 2 is 1.84 bits per heavy atom. The number of hydrogen-bond acceptors (Lipinski definition) is 4. The van der Waals surface area contributed by atoms with Crippen LogP contribution in [0.1, 0.15) is 30.0 Å². The zero-order valence-electron chi connectivity index (χ0n) is 18.3. The van der Waals surface area contributed by atoms with E-state index in [1.807, 2.05) is 4.90 Å². The first kappa shape index (κ1) is 23.4. The Kier molecular flexibility index (Phi) is 8.22. The summed E-state index contributed by atoms with van der Waals surface area (Å²) in [5.41, 5.74) is 2.77. The van der Waals surface area contributed by atoms with Gasteiger partial charge >= 0.3 is 0 Å². The van der Waals surface area contributed by atoms with Crippen molar-refractivity contribution in [2.45, 2.75) is 26.3 Å². The molecule has 31 heavy (non-hydrogen) atoms. The summed E-state index contributed by atoms with van der Waals surface area (Å²) in [6.07, 6.45) is 2.65. The van der Waals surface area contributed by atoms with Gasteiger partial charge in [-0.05, 0) is 44.0 Å². The summed E-state index contributed by atoms with van der Waals surface area (Å²) in [4.78, 5) is 24.0. The molecule has 4 rings (SSSR count). The van der Waals surface area contributed by atoms with Crippen LogP contribution in [-0.4, -0.2) is 73.5 Å². The fourth-order valence-corrected chi connectivity index (χ4v) is 4.24. The maximum Gasteiger partial charge on any atom is 0.289 e. The molecule has 0 radical (unpaired) electrons. The molecule has 3 heterocycles. The van der Waals surface area contributed by atoms with Crippen molar-refractivity contribution in [1.29, 1.82) is 0 Å². The predicted molar refractivity (Wildman–Crippen MR) is 135 cm³/mol. The van der Waals surface area contributed by atoms with Gasteiger partial charge in [0.25, 0.3) is 5.91 Å². The minimum atomic E-state index is -0.0390. The summed E-state index contributed by atoms with van der Waals surface area (Å²) in [5.74, 6) is 1.30. The molecule has 2 aliphatic heterocycles. The van der Waals surface area contributed by atoms with Gasteiger partial charge in [0.05, 0.1) is 12.8 Å². The maximum absolute atomic E-state index is 12.5. The Morgan fingerprint density at radius 3 is 2.55 bits per heavy atom. The topological polar surface area (TPSA) is 64.3 Å². The summed E-state index contributed by atoms with van der Waals surface area (Å²) >= 11 is 0. The Morgan fingerprint density at radius 1 is 1.10 bits per heavy atom. The maximum atomic E-state index is 12.5. The summed E-state index contributed by atoms with van der Waals surface area (Å²) in [7, 11) is 0. The van der Waals surface area contributed by atoms with Crippen molar-refractivity contribution in [2.75, 3.05) is 50.7 Å². The van der Waals surface area contributed by atoms with Crippen LogP contribution in [0.4, 0.5) is 5.69 Å². The number of benzene rings is 1. The molecule has 1 atom stereocenters. The third-order valence-electron chi connectivity index (χ3n) is 5.89. The number of carbonyl (C=O) groups is 1. The Hall–Kier alpha value is -2.23. The van der Waals surface area contributed by atoms with Gasteiger partial charge in [0.15, 0.2) is 11.7 Å². The van der Waals surface area contributed by atoms with E-state index in [-0.39, 0.29) is 29.9 Å². The number of hydrogen-bond donors (Lipinski definition) is 1. The minimum absolute atomic E-state index is 0. The fraction of sp³-hybridized carbons (Fsp3) is 0.478. The van der Waals surface area contributed by atoms with Crippen LogP contribution in [0.5, 0.6) is 0 Å². The highest BCUT2D eigenvalue weighted by Gasteiger charge is 2.26. The highest BCUT2D eigenvalue weighted by atomic mass is 127. The quantitative estimate of drug-likeness (QED) is 0.361. The number of halogens is 1. The van der Waals surface area contributed by atoms with Gasteiger partial charge in [-0.15, -0.1) is 24.0 Å². The van der Waals surface area contributed by atoms with Crippen LogP contribution in [0.3, 0.4) is 0 Å². The van der Waals surface area contributed by atoms with Gasteiger partial charge in [-0.25, -0.2) is 0 Å². The van der Waals surface area contributed by atoms with Crippen molar-refractivity contribution in [3.8, 4) is 0 Å². The lowest BCUT2D eigenvalue weighted by Crippen LogP contribution is -2.54. The molecule has 0 saturated carbocycles. The Bertz CT molecular complexity index is 878. The average molecular weight is 537 g/mol. The van der Waals surface area contributed by atoms with E-state index in [4.69, 9.17) is 9.41 Å². The zero-order chi connectivity index (χ0) is 20.9. The predicted octanol–water partition coefficient (Wildman–Crippen LogP) is 3.07. The standard InChI is InChI=1S/C23H31N5O2.HI/c1-3-24-23(25-17-18(2)28-11-10-19-7-4-5-8-20(19)28)27-14-12-26(13-15-27)22(29)21-9-6-16-30-21;/h4-9,16,18H,3,10-15,17H2,1-2H3,(H,24,25);1H. The fourth-order valence-electron chi connectivity index (χ4n) is 4.24. The molecule has 1 fully saturated rings. The van der Waals surface area contributed by atoms with Gasteiger partial charge in [-0.2, -0.15) is 0 Å². The van der Waals surface area contributed by atoms with Gasteiger partial charge < -0.3 is 24.4 Å². The van der Waals surface area contributed by atoms with E-state index in [1.165, 1.54) is 11.3 Å². The van der Waals surface area contributed by atoms with Crippen LogP contribution in [0.15, 0.2) is 52.1 Å². The van der Waals surface area contributed by atoms with Crippen LogP contribution >= 0.6 is 24.0 Å². The molecule has 1 unspecified atom stereocenters. The summed E-state index contributed by atoms with van der Waals surface area (Å²) in [6, 6.07) is 12.5. The molecule has 0 bridgehead atoms. The van der Waals surface area contributed by atoms with Crippen LogP contribution in [0.25, 0.3) is 0 Å². The number of amides is 1. The van der Waals surface area contributed by atoms with Gasteiger partial charge in [0.1, 0.15) is 0 Å². The molecule has 2 aliphatic rings. The van der Waals surface area contributed by atoms with Gasteiger partial charge in [-0.1, -0.05) is 18.2 Å². The second kappa shape index (κ2) is 10.9. The lowest BCUT2D eigenvalue weighted by molar-refractivity contribution is 0.0657. The van der Waals surface area contributed by atoms with E-state index in [9.17, 15) is 4.79 Å². The van der Waals surface area contributed by atoms with Crippen LogP contribution in [-0.2, 0) is 6.42 Å². The highest BCUT2D eigenvalue weighted by Crippen LogP contribution is 2.29. The monoisotopic (exact) mass is 537 g/mol. The summed E-state index contributed by atoms with van der Waals surface area (Å²) < 4.78 is 5.25. The lowest BCUT2D eigenvalue weighted by Gasteiger charge is -2.36. The molecule has 8 heteroatoms. The lowest BCUT2D eigenvalue weighted by atomic mass is 10.2. The zero-order valence-corrected chi connectivity index (χ0v) is 20.6. The Balaban J connectivity index is 0.00000272. The van der Waals surface area contributed by atoms with Crippen molar-refractivity contribution in [1.82, 2.24) is 15.1 Å². The van der Waals surface area contributed by atoms with E-state index in [2.05, 4.69) is 53.2 Å². The third-order valence-corrected chi connectivity index (χ3v) is 5.89. The average Bonchev–Trinajstić information content (AvgIpc) is 3.46. The largest absolute Gasteiger partial charge is 0.459 e. The molecular formula is C23H32IN5O2. The third kappa shape index (κ3) is 5.34. The van der Waals surface area contributed by atoms with Gasteiger partial charge in [0, 0.05) is 51.0 Å². The number of anilines is 1. The SMILES string of the molecule is CCNC(=NCC(C)N1CCc2ccccc21)N1CCN(C(=O)c2ccco2)CC1.I. The molecule has 1 saturated heterocycles. The van der Waals surface area contributed by atoms with Crippen molar-refractivity contribution < 1.29 is 9.21 Å². The van der Waals surface area contributed by atoms with E-state index in [1.54, 1.807) is 18.4 Å². The second-order valence-corrected chi connectivity index (χ2v) is 7.87. The first-order chi connectivity index (χ1) is 14.7. The molecule has 1 amide bonds. The number of nitrogens with zero attached hydrogens (tertiary/aromatic N) is 4. The molecule has 1 N–H and O–H groups in total. The minimum Gasteiger partial charge on any atom is -0.459 e. The van der Waals surface area contributed by atoms with Gasteiger partial charge in [-0.3, -0.25) is 9.79 Å². The van der Waals surface area contributed by atoms with Crippen molar-refractivity contribution >= 4 is 41.5 Å². The number of rotatable bonds is 5. The number of fused-ring (bicyclic) bond motifs is 1. The van der Waals surface area contributed by atoms with Crippen LogP contribution in [0, 0.1) is 0 Å². The number of para-hydroxylation sites is 1. The number of carbonyl (C=O) groups excluding carboxylic acids is 1. The van der Waals surface area contributed by atoms with E-state index >= 15 is 0 Å². The smallest absolute Gasteiger partial charge is 0.289 e. The van der Waals surface area contributed by atoms with Crippen LogP contribution in [0.2, 0.25) is 0 Å². The second-order valence-electron chi connectivity index (χ2n) is 7.87. The number of piperazine rings is 1. The first-order valence-corrected chi connectivity index (χ1v) is 10.9. The molecule has 7 nitrogen and oxygen atoms in total. The van der Waals surface area contributed by atoms with Crippen molar-refractivity contribution in [2.24, 2.45) is 4.99 Å².